The normalized spacial score (nSPS) is 12.8. The third-order valence-electron chi connectivity index (χ3n) is 1.03. The van der Waals surface area contributed by atoms with E-state index in [4.69, 9.17) is 11.8 Å². The molecule has 0 saturated heterocycles. The van der Waals surface area contributed by atoms with E-state index in [1.807, 2.05) is 6.92 Å². The minimum Gasteiger partial charge on any atom is -0.468 e. The summed E-state index contributed by atoms with van der Waals surface area (Å²) in [5.74, 6) is -0.326. The van der Waals surface area contributed by atoms with Crippen LogP contribution in [0.15, 0.2) is 0 Å². The standard InChI is InChI=1S/C5H10ClNO2/c1-3-4(7-6)5(8)9-2/h4,7H,3H2,1-2H3/t4-/m1/s1. The minimum atomic E-state index is -0.378. The van der Waals surface area contributed by atoms with Gasteiger partial charge in [-0.15, -0.1) is 0 Å². The van der Waals surface area contributed by atoms with Crippen LogP contribution in [0.2, 0.25) is 0 Å². The summed E-state index contributed by atoms with van der Waals surface area (Å²) in [6, 6.07) is -0.378. The van der Waals surface area contributed by atoms with Crippen molar-refractivity contribution >= 4 is 17.7 Å². The van der Waals surface area contributed by atoms with Crippen molar-refractivity contribution in [1.82, 2.24) is 4.84 Å². The number of halogens is 1. The van der Waals surface area contributed by atoms with Crippen LogP contribution in [0.1, 0.15) is 13.3 Å². The summed E-state index contributed by atoms with van der Waals surface area (Å²) >= 11 is 5.19. The highest BCUT2D eigenvalue weighted by Gasteiger charge is 2.13. The molecule has 0 aliphatic heterocycles. The van der Waals surface area contributed by atoms with Gasteiger partial charge in [0.2, 0.25) is 0 Å². The topological polar surface area (TPSA) is 38.3 Å². The highest BCUT2D eigenvalue weighted by atomic mass is 35.5. The maximum absolute atomic E-state index is 10.6. The smallest absolute Gasteiger partial charge is 0.324 e. The lowest BCUT2D eigenvalue weighted by molar-refractivity contribution is -0.142. The molecule has 0 heterocycles. The number of hydrogen-bond donors (Lipinski definition) is 1. The van der Waals surface area contributed by atoms with E-state index in [1.165, 1.54) is 7.11 Å². The Bertz CT molecular complexity index is 93.0. The van der Waals surface area contributed by atoms with Gasteiger partial charge in [0.25, 0.3) is 0 Å². The molecule has 0 radical (unpaired) electrons. The molecule has 0 rings (SSSR count). The lowest BCUT2D eigenvalue weighted by Gasteiger charge is -2.07. The molecule has 4 heteroatoms. The van der Waals surface area contributed by atoms with E-state index in [-0.39, 0.29) is 12.0 Å². The summed E-state index contributed by atoms with van der Waals surface area (Å²) in [7, 11) is 1.33. The van der Waals surface area contributed by atoms with Crippen molar-refractivity contribution in [3.05, 3.63) is 0 Å². The van der Waals surface area contributed by atoms with Gasteiger partial charge in [-0.2, -0.15) is 0 Å². The average molecular weight is 152 g/mol. The number of rotatable bonds is 3. The van der Waals surface area contributed by atoms with Crippen molar-refractivity contribution in [2.24, 2.45) is 0 Å². The Balaban J connectivity index is 3.64. The number of esters is 1. The van der Waals surface area contributed by atoms with E-state index in [0.29, 0.717) is 6.42 Å². The molecule has 0 fully saturated rings. The fraction of sp³-hybridized carbons (Fsp3) is 0.800. The second kappa shape index (κ2) is 4.58. The fourth-order valence-electron chi connectivity index (χ4n) is 0.431. The Kier molecular flexibility index (Phi) is 4.44. The van der Waals surface area contributed by atoms with Crippen LogP contribution >= 0.6 is 11.8 Å². The SMILES string of the molecule is CC[C@@H](NCl)C(=O)OC. The molecule has 0 spiro atoms. The van der Waals surface area contributed by atoms with E-state index in [0.717, 1.165) is 0 Å². The zero-order chi connectivity index (χ0) is 7.28. The predicted molar refractivity (Wildman–Crippen MR) is 35.1 cm³/mol. The van der Waals surface area contributed by atoms with E-state index < -0.39 is 0 Å². The van der Waals surface area contributed by atoms with Crippen LogP contribution in [-0.4, -0.2) is 19.1 Å². The summed E-state index contributed by atoms with van der Waals surface area (Å²) in [6.45, 7) is 1.84. The summed E-state index contributed by atoms with van der Waals surface area (Å²) < 4.78 is 4.41. The van der Waals surface area contributed by atoms with E-state index in [1.54, 1.807) is 0 Å². The van der Waals surface area contributed by atoms with E-state index >= 15 is 0 Å². The predicted octanol–water partition coefficient (Wildman–Crippen LogP) is 0.681. The first-order valence-electron chi connectivity index (χ1n) is 2.70. The fourth-order valence-corrected chi connectivity index (χ4v) is 0.674. The molecule has 0 aliphatic carbocycles. The summed E-state index contributed by atoms with van der Waals surface area (Å²) in [5, 5.41) is 0. The molecular weight excluding hydrogens is 142 g/mol. The van der Waals surface area contributed by atoms with Gasteiger partial charge in [-0.25, -0.2) is 4.84 Å². The van der Waals surface area contributed by atoms with Crippen molar-refractivity contribution in [2.45, 2.75) is 19.4 Å². The third-order valence-corrected chi connectivity index (χ3v) is 1.29. The van der Waals surface area contributed by atoms with Gasteiger partial charge in [-0.3, -0.25) is 4.79 Å². The molecule has 9 heavy (non-hydrogen) atoms. The van der Waals surface area contributed by atoms with Gasteiger partial charge in [0.1, 0.15) is 6.04 Å². The number of ether oxygens (including phenoxy) is 1. The lowest BCUT2D eigenvalue weighted by atomic mass is 10.2. The van der Waals surface area contributed by atoms with Crippen LogP contribution in [0.3, 0.4) is 0 Å². The largest absolute Gasteiger partial charge is 0.468 e. The third kappa shape index (κ3) is 2.67. The van der Waals surface area contributed by atoms with Crippen LogP contribution in [0.5, 0.6) is 0 Å². The van der Waals surface area contributed by atoms with Crippen molar-refractivity contribution in [3.8, 4) is 0 Å². The maximum Gasteiger partial charge on any atom is 0.324 e. The van der Waals surface area contributed by atoms with Crippen LogP contribution < -0.4 is 4.84 Å². The number of nitrogens with one attached hydrogen (secondary N) is 1. The van der Waals surface area contributed by atoms with Crippen molar-refractivity contribution in [1.29, 1.82) is 0 Å². The van der Waals surface area contributed by atoms with Gasteiger partial charge < -0.3 is 4.74 Å². The molecule has 0 bridgehead atoms. The Morgan fingerprint density at radius 2 is 2.44 bits per heavy atom. The first-order chi connectivity index (χ1) is 4.26. The van der Waals surface area contributed by atoms with Crippen LogP contribution in [0.4, 0.5) is 0 Å². The quantitative estimate of drug-likeness (QED) is 0.476. The van der Waals surface area contributed by atoms with Gasteiger partial charge >= 0.3 is 5.97 Å². The molecule has 0 unspecified atom stereocenters. The van der Waals surface area contributed by atoms with Gasteiger partial charge in [-0.05, 0) is 18.2 Å². The monoisotopic (exact) mass is 151 g/mol. The molecule has 3 nitrogen and oxygen atoms in total. The molecular formula is C5H10ClNO2. The Labute approximate surface area is 59.4 Å². The molecule has 1 N–H and O–H groups in total. The maximum atomic E-state index is 10.6. The second-order valence-electron chi connectivity index (χ2n) is 1.59. The molecule has 0 amide bonds. The second-order valence-corrected chi connectivity index (χ2v) is 1.81. The highest BCUT2D eigenvalue weighted by Crippen LogP contribution is 1.93. The highest BCUT2D eigenvalue weighted by molar-refractivity contribution is 6.14. The Morgan fingerprint density at radius 3 is 2.56 bits per heavy atom. The Hall–Kier alpha value is -0.280. The lowest BCUT2D eigenvalue weighted by Crippen LogP contribution is -2.30. The molecule has 0 aromatic heterocycles. The zero-order valence-electron chi connectivity index (χ0n) is 5.48. The van der Waals surface area contributed by atoms with Gasteiger partial charge in [-0.1, -0.05) is 6.92 Å². The van der Waals surface area contributed by atoms with Crippen molar-refractivity contribution in [3.63, 3.8) is 0 Å². The zero-order valence-corrected chi connectivity index (χ0v) is 6.23. The molecule has 0 aliphatic rings. The van der Waals surface area contributed by atoms with Crippen LogP contribution in [-0.2, 0) is 9.53 Å². The number of carbonyl (C=O) groups excluding carboxylic acids is 1. The van der Waals surface area contributed by atoms with Crippen LogP contribution in [0, 0.1) is 0 Å². The molecule has 54 valence electrons. The van der Waals surface area contributed by atoms with Gasteiger partial charge in [0.15, 0.2) is 0 Å². The number of hydrogen-bond acceptors (Lipinski definition) is 3. The molecule has 0 saturated carbocycles. The average Bonchev–Trinajstić information content (AvgIpc) is 1.90. The number of carbonyl (C=O) groups is 1. The summed E-state index contributed by atoms with van der Waals surface area (Å²) in [5.41, 5.74) is 0. The van der Waals surface area contributed by atoms with E-state index in [9.17, 15) is 4.79 Å². The van der Waals surface area contributed by atoms with E-state index in [2.05, 4.69) is 9.57 Å². The molecule has 1 atom stereocenters. The van der Waals surface area contributed by atoms with Crippen molar-refractivity contribution < 1.29 is 9.53 Å². The summed E-state index contributed by atoms with van der Waals surface area (Å²) in [4.78, 5) is 12.9. The van der Waals surface area contributed by atoms with Gasteiger partial charge in [0, 0.05) is 0 Å². The molecule has 0 aromatic rings. The minimum absolute atomic E-state index is 0.326. The van der Waals surface area contributed by atoms with Crippen LogP contribution in [0.25, 0.3) is 0 Å². The Morgan fingerprint density at radius 1 is 1.89 bits per heavy atom. The summed E-state index contributed by atoms with van der Waals surface area (Å²) in [6.07, 6.45) is 0.635. The first kappa shape index (κ1) is 8.72. The van der Waals surface area contributed by atoms with Gasteiger partial charge in [0.05, 0.1) is 7.11 Å². The first-order valence-corrected chi connectivity index (χ1v) is 3.08. The molecule has 0 aromatic carbocycles. The number of methoxy groups -OCH3 is 1. The van der Waals surface area contributed by atoms with Crippen molar-refractivity contribution in [2.75, 3.05) is 7.11 Å².